The molecule has 0 atom stereocenters. The van der Waals surface area contributed by atoms with Gasteiger partial charge in [-0.25, -0.2) is 0 Å². The topological polar surface area (TPSA) is 50.4 Å². The number of nitrogens with one attached hydrogen (secondary N) is 2. The molecule has 0 radical (unpaired) electrons. The molecule has 0 heterocycles. The van der Waals surface area contributed by atoms with Crippen LogP contribution < -0.4 is 15.4 Å². The fourth-order valence-electron chi connectivity index (χ4n) is 2.81. The SMILES string of the molecule is CCc1ccc(NC(=S)NC(=O)c2cc3ccccc3c(Br)c2OC)cc1. The number of carbonyl (C=O) groups is 1. The summed E-state index contributed by atoms with van der Waals surface area (Å²) in [7, 11) is 1.54. The van der Waals surface area contributed by atoms with E-state index < -0.39 is 0 Å². The molecule has 0 saturated heterocycles. The number of methoxy groups -OCH3 is 1. The Balaban J connectivity index is 1.81. The van der Waals surface area contributed by atoms with E-state index in [1.165, 1.54) is 12.7 Å². The van der Waals surface area contributed by atoms with Gasteiger partial charge in [0.25, 0.3) is 5.91 Å². The average Bonchev–Trinajstić information content (AvgIpc) is 2.68. The Bertz CT molecular complexity index is 1000. The standard InChI is InChI=1S/C21H19BrN2O2S/c1-3-13-8-10-15(11-9-13)23-21(27)24-20(25)17-12-14-6-4-5-7-16(14)18(22)19(17)26-2/h4-12H,3H2,1-2H3,(H2,23,24,25,27). The van der Waals surface area contributed by atoms with Crippen molar-refractivity contribution in [2.75, 3.05) is 12.4 Å². The maximum absolute atomic E-state index is 12.8. The van der Waals surface area contributed by atoms with Gasteiger partial charge in [-0.3, -0.25) is 10.1 Å². The van der Waals surface area contributed by atoms with E-state index >= 15 is 0 Å². The molecule has 0 spiro atoms. The van der Waals surface area contributed by atoms with Gasteiger partial charge in [-0.2, -0.15) is 0 Å². The lowest BCUT2D eigenvalue weighted by molar-refractivity contribution is 0.0975. The number of benzene rings is 3. The second-order valence-electron chi connectivity index (χ2n) is 5.95. The third-order valence-electron chi connectivity index (χ3n) is 4.24. The predicted octanol–water partition coefficient (Wildman–Crippen LogP) is 5.30. The molecule has 4 nitrogen and oxygen atoms in total. The van der Waals surface area contributed by atoms with Gasteiger partial charge in [0.05, 0.1) is 17.1 Å². The summed E-state index contributed by atoms with van der Waals surface area (Å²) >= 11 is 8.83. The van der Waals surface area contributed by atoms with E-state index in [1.54, 1.807) is 6.07 Å². The number of anilines is 1. The molecule has 0 aromatic heterocycles. The van der Waals surface area contributed by atoms with Crippen LogP contribution in [-0.4, -0.2) is 18.1 Å². The van der Waals surface area contributed by atoms with Gasteiger partial charge in [0.1, 0.15) is 5.75 Å². The van der Waals surface area contributed by atoms with Crippen molar-refractivity contribution in [1.82, 2.24) is 5.32 Å². The molecular formula is C21H19BrN2O2S. The van der Waals surface area contributed by atoms with Crippen molar-refractivity contribution < 1.29 is 9.53 Å². The van der Waals surface area contributed by atoms with Crippen LogP contribution in [0.3, 0.4) is 0 Å². The van der Waals surface area contributed by atoms with Gasteiger partial charge >= 0.3 is 0 Å². The van der Waals surface area contributed by atoms with Gasteiger partial charge in [0.2, 0.25) is 0 Å². The number of ether oxygens (including phenoxy) is 1. The van der Waals surface area contributed by atoms with Crippen LogP contribution >= 0.6 is 28.1 Å². The first kappa shape index (κ1) is 19.3. The fraction of sp³-hybridized carbons (Fsp3) is 0.143. The van der Waals surface area contributed by atoms with Crippen molar-refractivity contribution in [2.24, 2.45) is 0 Å². The van der Waals surface area contributed by atoms with Crippen molar-refractivity contribution in [3.8, 4) is 5.75 Å². The molecule has 0 unspecified atom stereocenters. The number of thiocarbonyl (C=S) groups is 1. The minimum absolute atomic E-state index is 0.232. The normalized spacial score (nSPS) is 10.5. The molecular weight excluding hydrogens is 424 g/mol. The molecule has 0 fully saturated rings. The molecule has 0 aliphatic heterocycles. The molecule has 2 N–H and O–H groups in total. The summed E-state index contributed by atoms with van der Waals surface area (Å²) in [4.78, 5) is 12.8. The van der Waals surface area contributed by atoms with Crippen LogP contribution in [-0.2, 0) is 6.42 Å². The molecule has 138 valence electrons. The monoisotopic (exact) mass is 442 g/mol. The highest BCUT2D eigenvalue weighted by atomic mass is 79.9. The molecule has 1 amide bonds. The lowest BCUT2D eigenvalue weighted by atomic mass is 10.1. The first-order valence-corrected chi connectivity index (χ1v) is 9.70. The Morgan fingerprint density at radius 2 is 1.85 bits per heavy atom. The summed E-state index contributed by atoms with van der Waals surface area (Å²) < 4.78 is 6.20. The lowest BCUT2D eigenvalue weighted by Crippen LogP contribution is -2.34. The summed E-state index contributed by atoms with van der Waals surface area (Å²) in [5.74, 6) is 0.141. The third-order valence-corrected chi connectivity index (χ3v) is 5.23. The lowest BCUT2D eigenvalue weighted by Gasteiger charge is -2.14. The van der Waals surface area contributed by atoms with E-state index in [-0.39, 0.29) is 11.0 Å². The van der Waals surface area contributed by atoms with E-state index in [4.69, 9.17) is 17.0 Å². The van der Waals surface area contributed by atoms with Crippen LogP contribution in [0.15, 0.2) is 59.1 Å². The summed E-state index contributed by atoms with van der Waals surface area (Å²) in [6.45, 7) is 2.10. The minimum atomic E-state index is -0.332. The molecule has 0 bridgehead atoms. The van der Waals surface area contributed by atoms with Gasteiger partial charge in [0.15, 0.2) is 5.11 Å². The first-order valence-electron chi connectivity index (χ1n) is 8.50. The highest BCUT2D eigenvalue weighted by Crippen LogP contribution is 2.36. The Kier molecular flexibility index (Phi) is 6.08. The Hall–Kier alpha value is -2.44. The number of halogens is 1. The van der Waals surface area contributed by atoms with Gasteiger partial charge in [0, 0.05) is 5.69 Å². The van der Waals surface area contributed by atoms with Gasteiger partial charge in [-0.1, -0.05) is 43.3 Å². The van der Waals surface area contributed by atoms with Crippen molar-refractivity contribution >= 4 is 55.6 Å². The molecule has 3 rings (SSSR count). The largest absolute Gasteiger partial charge is 0.495 e. The quantitative estimate of drug-likeness (QED) is 0.538. The van der Waals surface area contributed by atoms with Gasteiger partial charge < -0.3 is 10.1 Å². The highest BCUT2D eigenvalue weighted by Gasteiger charge is 2.19. The van der Waals surface area contributed by atoms with Crippen molar-refractivity contribution in [1.29, 1.82) is 0 Å². The zero-order valence-corrected chi connectivity index (χ0v) is 17.4. The number of carbonyl (C=O) groups excluding carboxylic acids is 1. The van der Waals surface area contributed by atoms with Crippen molar-refractivity contribution in [3.63, 3.8) is 0 Å². The van der Waals surface area contributed by atoms with Crippen molar-refractivity contribution in [2.45, 2.75) is 13.3 Å². The number of amides is 1. The first-order chi connectivity index (χ1) is 13.0. The van der Waals surface area contributed by atoms with Gasteiger partial charge in [-0.05, 0) is 69.1 Å². The Labute approximate surface area is 172 Å². The van der Waals surface area contributed by atoms with Crippen LogP contribution in [0.4, 0.5) is 5.69 Å². The summed E-state index contributed by atoms with van der Waals surface area (Å²) in [6.07, 6.45) is 0.970. The summed E-state index contributed by atoms with van der Waals surface area (Å²) in [6, 6.07) is 17.5. The number of hydrogen-bond acceptors (Lipinski definition) is 3. The van der Waals surface area contributed by atoms with E-state index in [0.717, 1.165) is 27.4 Å². The van der Waals surface area contributed by atoms with Crippen molar-refractivity contribution in [3.05, 3.63) is 70.2 Å². The zero-order chi connectivity index (χ0) is 19.4. The predicted molar refractivity (Wildman–Crippen MR) is 118 cm³/mol. The van der Waals surface area contributed by atoms with Crippen LogP contribution in [0.2, 0.25) is 0 Å². The second kappa shape index (κ2) is 8.50. The maximum Gasteiger partial charge on any atom is 0.261 e. The Morgan fingerprint density at radius 3 is 2.52 bits per heavy atom. The third kappa shape index (κ3) is 4.28. The van der Waals surface area contributed by atoms with Gasteiger partial charge in [-0.15, -0.1) is 0 Å². The summed E-state index contributed by atoms with van der Waals surface area (Å²) in [5.41, 5.74) is 2.47. The molecule has 27 heavy (non-hydrogen) atoms. The number of rotatable bonds is 4. The van der Waals surface area contributed by atoms with E-state index in [2.05, 4.69) is 33.5 Å². The average molecular weight is 443 g/mol. The smallest absolute Gasteiger partial charge is 0.261 e. The second-order valence-corrected chi connectivity index (χ2v) is 7.15. The van der Waals surface area contributed by atoms with Crippen LogP contribution in [0.5, 0.6) is 5.75 Å². The fourth-order valence-corrected chi connectivity index (χ4v) is 3.76. The molecule has 0 aliphatic carbocycles. The van der Waals surface area contributed by atoms with E-state index in [9.17, 15) is 4.79 Å². The highest BCUT2D eigenvalue weighted by molar-refractivity contribution is 9.10. The minimum Gasteiger partial charge on any atom is -0.495 e. The number of fused-ring (bicyclic) bond motifs is 1. The van der Waals surface area contributed by atoms with Crippen LogP contribution in [0.25, 0.3) is 10.8 Å². The van der Waals surface area contributed by atoms with Crippen LogP contribution in [0.1, 0.15) is 22.8 Å². The maximum atomic E-state index is 12.8. The Morgan fingerprint density at radius 1 is 1.15 bits per heavy atom. The van der Waals surface area contributed by atoms with Crippen LogP contribution in [0, 0.1) is 0 Å². The molecule has 0 saturated carbocycles. The van der Waals surface area contributed by atoms with E-state index in [0.29, 0.717) is 11.3 Å². The summed E-state index contributed by atoms with van der Waals surface area (Å²) in [5, 5.41) is 7.89. The number of aryl methyl sites for hydroxylation is 1. The number of hydrogen-bond donors (Lipinski definition) is 2. The zero-order valence-electron chi connectivity index (χ0n) is 15.0. The molecule has 0 aliphatic rings. The molecule has 6 heteroatoms. The van der Waals surface area contributed by atoms with E-state index in [1.807, 2.05) is 48.5 Å². The molecule has 3 aromatic rings. The molecule has 3 aromatic carbocycles.